The molecule has 0 N–H and O–H groups in total. The zero-order chi connectivity index (χ0) is 10.9. The van der Waals surface area contributed by atoms with Crippen LogP contribution in [0.1, 0.15) is 5.56 Å². The van der Waals surface area contributed by atoms with Crippen molar-refractivity contribution < 1.29 is 0 Å². The third-order valence-corrected chi connectivity index (χ3v) is 3.11. The molecule has 0 bridgehead atoms. The zero-order valence-electron chi connectivity index (χ0n) is 7.03. The van der Waals surface area contributed by atoms with Gasteiger partial charge in [-0.15, -0.1) is 0 Å². The molecule has 0 amide bonds. The first-order valence-corrected chi connectivity index (χ1v) is 4.60. The van der Waals surface area contributed by atoms with E-state index >= 15 is 0 Å². The van der Waals surface area contributed by atoms with Crippen LogP contribution >= 0.6 is 34.8 Å². The van der Waals surface area contributed by atoms with E-state index in [0.29, 0.717) is 5.56 Å². The van der Waals surface area contributed by atoms with E-state index in [9.17, 15) is 0 Å². The van der Waals surface area contributed by atoms with Gasteiger partial charge in [0.2, 0.25) is 11.4 Å². The van der Waals surface area contributed by atoms with Gasteiger partial charge >= 0.3 is 0 Å². The smallest absolute Gasteiger partial charge is 0.215 e. The van der Waals surface area contributed by atoms with Crippen LogP contribution in [0.3, 0.4) is 0 Å². The van der Waals surface area contributed by atoms with Crippen molar-refractivity contribution in [3.8, 4) is 0 Å². The summed E-state index contributed by atoms with van der Waals surface area (Å²) >= 11 is 17.5. The van der Waals surface area contributed by atoms with Gasteiger partial charge in [0.15, 0.2) is 0 Å². The molecular weight excluding hydrogens is 242 g/mol. The first-order chi connectivity index (χ1) is 6.54. The predicted molar refractivity (Wildman–Crippen MR) is 58.7 cm³/mol. The topological polar surface area (TPSA) is 8.72 Å². The minimum Gasteiger partial charge on any atom is -0.248 e. The van der Waals surface area contributed by atoms with Crippen LogP contribution in [0.25, 0.3) is 9.69 Å². The molecule has 1 aromatic rings. The number of hydrogen-bond donors (Lipinski definition) is 0. The lowest BCUT2D eigenvalue weighted by atomic mass is 10.2. The summed E-state index contributed by atoms with van der Waals surface area (Å²) in [6, 6.07) is 0. The summed E-state index contributed by atoms with van der Waals surface area (Å²) in [4.78, 5) is 6.30. The second-order valence-electron chi connectivity index (χ2n) is 2.49. The molecule has 0 saturated heterocycles. The highest BCUT2D eigenvalue weighted by Crippen LogP contribution is 2.47. The number of benzene rings is 1. The lowest BCUT2D eigenvalue weighted by Crippen LogP contribution is -1.81. The van der Waals surface area contributed by atoms with Gasteiger partial charge in [-0.2, -0.15) is 0 Å². The van der Waals surface area contributed by atoms with Crippen molar-refractivity contribution >= 4 is 46.2 Å². The van der Waals surface area contributed by atoms with Crippen LogP contribution < -0.4 is 0 Å². The molecule has 1 rings (SSSR count). The normalized spacial score (nSPS) is 9.29. The Kier molecular flexibility index (Phi) is 3.24. The average Bonchev–Trinajstić information content (AvgIpc) is 2.20. The predicted octanol–water partition coefficient (Wildman–Crippen LogP) is 5.06. The standard InChI is InChI=1S/C9H3Cl3N2/c1-4-5(10)7(12)9(14-3)8(13-2)6(4)11/h1H3. The molecule has 0 aliphatic carbocycles. The van der Waals surface area contributed by atoms with Gasteiger partial charge in [-0.1, -0.05) is 34.8 Å². The molecule has 0 atom stereocenters. The maximum atomic E-state index is 6.89. The third-order valence-electron chi connectivity index (χ3n) is 1.71. The average molecular weight is 245 g/mol. The van der Waals surface area contributed by atoms with E-state index in [1.54, 1.807) is 6.92 Å². The molecule has 0 fully saturated rings. The zero-order valence-corrected chi connectivity index (χ0v) is 9.30. The highest BCUT2D eigenvalue weighted by atomic mass is 35.5. The van der Waals surface area contributed by atoms with Gasteiger partial charge in [0.1, 0.15) is 0 Å². The highest BCUT2D eigenvalue weighted by molar-refractivity contribution is 6.47. The van der Waals surface area contributed by atoms with Crippen LogP contribution in [0.15, 0.2) is 0 Å². The molecule has 0 aromatic heterocycles. The third kappa shape index (κ3) is 1.53. The number of halogens is 3. The van der Waals surface area contributed by atoms with E-state index in [1.165, 1.54) is 0 Å². The van der Waals surface area contributed by atoms with Crippen LogP contribution in [-0.2, 0) is 0 Å². The van der Waals surface area contributed by atoms with E-state index in [1.807, 2.05) is 0 Å². The quantitative estimate of drug-likeness (QED) is 0.446. The monoisotopic (exact) mass is 244 g/mol. The van der Waals surface area contributed by atoms with Crippen LogP contribution in [0.4, 0.5) is 11.4 Å². The Morgan fingerprint density at radius 1 is 0.857 bits per heavy atom. The fourth-order valence-corrected chi connectivity index (χ4v) is 1.69. The highest BCUT2D eigenvalue weighted by Gasteiger charge is 2.18. The second kappa shape index (κ2) is 4.07. The lowest BCUT2D eigenvalue weighted by molar-refractivity contribution is 1.48. The molecule has 0 aliphatic rings. The van der Waals surface area contributed by atoms with Gasteiger partial charge in [-0.25, -0.2) is 9.69 Å². The van der Waals surface area contributed by atoms with E-state index in [2.05, 4.69) is 9.69 Å². The number of hydrogen-bond acceptors (Lipinski definition) is 0. The van der Waals surface area contributed by atoms with Crippen LogP contribution in [-0.4, -0.2) is 0 Å². The Hall–Kier alpha value is -0.930. The van der Waals surface area contributed by atoms with E-state index < -0.39 is 0 Å². The Labute approximate surface area is 96.6 Å². The van der Waals surface area contributed by atoms with Crippen molar-refractivity contribution in [1.29, 1.82) is 0 Å². The van der Waals surface area contributed by atoms with Gasteiger partial charge in [-0.3, -0.25) is 0 Å². The SMILES string of the molecule is [C-]#[N+]c1c(Cl)c(C)c(Cl)c(Cl)c1[N+]#[C-]. The molecule has 2 nitrogen and oxygen atoms in total. The number of nitrogens with zero attached hydrogens (tertiary/aromatic N) is 2. The maximum absolute atomic E-state index is 6.89. The minimum absolute atomic E-state index is 0.0160. The van der Waals surface area contributed by atoms with Crippen molar-refractivity contribution in [2.24, 2.45) is 0 Å². The summed E-state index contributed by atoms with van der Waals surface area (Å²) in [5.41, 5.74) is 0.604. The molecule has 5 heteroatoms. The van der Waals surface area contributed by atoms with Crippen molar-refractivity contribution in [2.75, 3.05) is 0 Å². The van der Waals surface area contributed by atoms with Gasteiger partial charge in [0.25, 0.3) is 0 Å². The van der Waals surface area contributed by atoms with Gasteiger partial charge < -0.3 is 0 Å². The summed E-state index contributed by atoms with van der Waals surface area (Å²) in [6.07, 6.45) is 0. The van der Waals surface area contributed by atoms with Gasteiger partial charge in [0, 0.05) is 5.02 Å². The van der Waals surface area contributed by atoms with Gasteiger partial charge in [-0.05, 0) is 12.5 Å². The van der Waals surface area contributed by atoms with Gasteiger partial charge in [0.05, 0.1) is 23.2 Å². The molecule has 70 valence electrons. The fraction of sp³-hybridized carbons (Fsp3) is 0.111. The Bertz CT molecular complexity index is 436. The first-order valence-electron chi connectivity index (χ1n) is 3.46. The van der Waals surface area contributed by atoms with E-state index in [0.717, 1.165) is 0 Å². The van der Waals surface area contributed by atoms with Crippen molar-refractivity contribution in [1.82, 2.24) is 0 Å². The van der Waals surface area contributed by atoms with E-state index in [-0.39, 0.29) is 26.4 Å². The maximum Gasteiger partial charge on any atom is 0.215 e. The molecule has 0 aliphatic heterocycles. The molecule has 0 heterocycles. The summed E-state index contributed by atoms with van der Waals surface area (Å²) in [7, 11) is 0. The first kappa shape index (κ1) is 11.1. The summed E-state index contributed by atoms with van der Waals surface area (Å²) in [6.45, 7) is 15.4. The molecule has 1 aromatic carbocycles. The van der Waals surface area contributed by atoms with Crippen molar-refractivity contribution in [2.45, 2.75) is 6.92 Å². The van der Waals surface area contributed by atoms with E-state index in [4.69, 9.17) is 47.9 Å². The fourth-order valence-electron chi connectivity index (χ4n) is 0.954. The molecule has 14 heavy (non-hydrogen) atoms. The Morgan fingerprint density at radius 2 is 1.29 bits per heavy atom. The second-order valence-corrected chi connectivity index (χ2v) is 3.62. The largest absolute Gasteiger partial charge is 0.248 e. The summed E-state index contributed by atoms with van der Waals surface area (Å²) in [5.74, 6) is 0. The van der Waals surface area contributed by atoms with Crippen molar-refractivity contribution in [3.63, 3.8) is 0 Å². The van der Waals surface area contributed by atoms with Crippen molar-refractivity contribution in [3.05, 3.63) is 43.5 Å². The molecule has 0 radical (unpaired) electrons. The Morgan fingerprint density at radius 3 is 1.71 bits per heavy atom. The molecule has 0 spiro atoms. The summed E-state index contributed by atoms with van der Waals surface area (Å²) in [5, 5.41) is 0.519. The number of rotatable bonds is 0. The van der Waals surface area contributed by atoms with Crippen LogP contribution in [0.5, 0.6) is 0 Å². The molecular formula is C9H3Cl3N2. The van der Waals surface area contributed by atoms with Crippen LogP contribution in [0, 0.1) is 20.1 Å². The molecule has 0 saturated carbocycles. The Balaban J connectivity index is 3.79. The minimum atomic E-state index is 0.0160. The van der Waals surface area contributed by atoms with Crippen LogP contribution in [0.2, 0.25) is 15.1 Å². The summed E-state index contributed by atoms with van der Waals surface area (Å²) < 4.78 is 0. The molecule has 0 unspecified atom stereocenters. The lowest BCUT2D eigenvalue weighted by Gasteiger charge is -2.08.